The topological polar surface area (TPSA) is 51.9 Å². The van der Waals surface area contributed by atoms with Gasteiger partial charge in [-0.1, -0.05) is 18.2 Å². The van der Waals surface area contributed by atoms with Crippen LogP contribution in [0.1, 0.15) is 17.1 Å². The molecule has 0 unspecified atom stereocenters. The van der Waals surface area contributed by atoms with Crippen LogP contribution >= 0.6 is 7.92 Å². The van der Waals surface area contributed by atoms with Gasteiger partial charge in [0, 0.05) is 26.5 Å². The molecule has 0 aromatic carbocycles. The molecular formula is C24H21N6P. The van der Waals surface area contributed by atoms with Crippen LogP contribution in [0.2, 0.25) is 0 Å². The standard InChI is InChI=1S/C24H21N6P/c1-16-22(28-13-7-4-10-19(28)25-16)31(23-17(2)26-20-11-5-8-14-29(20)23)24-18(3)27-21-12-6-9-15-30(21)24/h4-15H,1-3H3. The third-order valence-corrected chi connectivity index (χ3v) is 8.54. The molecule has 152 valence electrons. The number of hydrogen-bond donors (Lipinski definition) is 0. The van der Waals surface area contributed by atoms with Crippen LogP contribution in [0.15, 0.2) is 73.2 Å². The van der Waals surface area contributed by atoms with Crippen molar-refractivity contribution in [2.45, 2.75) is 20.8 Å². The Morgan fingerprint density at radius 1 is 0.516 bits per heavy atom. The molecule has 0 aliphatic carbocycles. The lowest BCUT2D eigenvalue weighted by Crippen LogP contribution is -2.31. The highest BCUT2D eigenvalue weighted by atomic mass is 31.1. The highest BCUT2D eigenvalue weighted by Gasteiger charge is 2.32. The van der Waals surface area contributed by atoms with Crippen molar-refractivity contribution in [3.05, 3.63) is 90.3 Å². The largest absolute Gasteiger partial charge is 0.299 e. The first kappa shape index (κ1) is 18.3. The van der Waals surface area contributed by atoms with E-state index in [1.165, 1.54) is 16.3 Å². The second kappa shape index (κ2) is 6.76. The minimum absolute atomic E-state index is 0.959. The van der Waals surface area contributed by atoms with Gasteiger partial charge in [-0.25, -0.2) is 15.0 Å². The van der Waals surface area contributed by atoms with Crippen LogP contribution in [0.25, 0.3) is 16.9 Å². The molecule has 0 bridgehead atoms. The van der Waals surface area contributed by atoms with E-state index in [1.807, 2.05) is 18.2 Å². The molecule has 0 spiro atoms. The van der Waals surface area contributed by atoms with Crippen molar-refractivity contribution in [1.29, 1.82) is 0 Å². The van der Waals surface area contributed by atoms with Gasteiger partial charge >= 0.3 is 0 Å². The highest BCUT2D eigenvalue weighted by Crippen LogP contribution is 2.37. The fourth-order valence-corrected chi connectivity index (χ4v) is 7.29. The Bertz CT molecular complexity index is 1400. The van der Waals surface area contributed by atoms with E-state index in [9.17, 15) is 0 Å². The fraction of sp³-hybridized carbons (Fsp3) is 0.125. The molecule has 0 fully saturated rings. The molecule has 6 heterocycles. The number of aryl methyl sites for hydroxylation is 3. The molecule has 6 rings (SSSR count). The van der Waals surface area contributed by atoms with Gasteiger partial charge in [0.05, 0.1) is 33.4 Å². The van der Waals surface area contributed by atoms with Crippen molar-refractivity contribution in [1.82, 2.24) is 28.2 Å². The van der Waals surface area contributed by atoms with Crippen molar-refractivity contribution in [2.24, 2.45) is 0 Å². The molecule has 0 saturated carbocycles. The number of fused-ring (bicyclic) bond motifs is 3. The molecule has 0 atom stereocenters. The van der Waals surface area contributed by atoms with E-state index in [4.69, 9.17) is 15.0 Å². The first-order valence-corrected chi connectivity index (χ1v) is 11.6. The third kappa shape index (κ3) is 2.65. The van der Waals surface area contributed by atoms with E-state index >= 15 is 0 Å². The Kier molecular flexibility index (Phi) is 3.99. The van der Waals surface area contributed by atoms with Crippen molar-refractivity contribution >= 4 is 41.2 Å². The summed E-state index contributed by atoms with van der Waals surface area (Å²) < 4.78 is 6.68. The summed E-state index contributed by atoms with van der Waals surface area (Å²) in [6.45, 7) is 6.32. The number of aromatic nitrogens is 6. The maximum absolute atomic E-state index is 4.89. The summed E-state index contributed by atoms with van der Waals surface area (Å²) in [7, 11) is -0.995. The minimum atomic E-state index is -0.995. The van der Waals surface area contributed by atoms with Crippen molar-refractivity contribution in [2.75, 3.05) is 0 Å². The molecule has 0 aliphatic heterocycles. The number of hydrogen-bond acceptors (Lipinski definition) is 3. The second-order valence-corrected chi connectivity index (χ2v) is 9.63. The van der Waals surface area contributed by atoms with Crippen molar-refractivity contribution in [3.8, 4) is 0 Å². The Labute approximate surface area is 180 Å². The van der Waals surface area contributed by atoms with E-state index in [2.05, 4.69) is 89.0 Å². The zero-order chi connectivity index (χ0) is 21.1. The number of rotatable bonds is 3. The second-order valence-electron chi connectivity index (χ2n) is 7.68. The van der Waals surface area contributed by atoms with Gasteiger partial charge in [0.2, 0.25) is 0 Å². The Morgan fingerprint density at radius 2 is 0.839 bits per heavy atom. The summed E-state index contributed by atoms with van der Waals surface area (Å²) in [5, 5.41) is 0. The average Bonchev–Trinajstić information content (AvgIpc) is 3.39. The SMILES string of the molecule is Cc1nc2ccccn2c1P(c1c(C)nc2ccccn12)c1c(C)nc2ccccn12. The molecule has 0 radical (unpaired) electrons. The van der Waals surface area contributed by atoms with E-state index in [1.54, 1.807) is 0 Å². The first-order chi connectivity index (χ1) is 15.1. The molecule has 0 N–H and O–H groups in total. The summed E-state index contributed by atoms with van der Waals surface area (Å²) in [5.74, 6) is 0. The van der Waals surface area contributed by atoms with Crippen molar-refractivity contribution in [3.63, 3.8) is 0 Å². The predicted molar refractivity (Wildman–Crippen MR) is 126 cm³/mol. The molecular weight excluding hydrogens is 403 g/mol. The Morgan fingerprint density at radius 3 is 1.16 bits per heavy atom. The lowest BCUT2D eigenvalue weighted by molar-refractivity contribution is 1.20. The van der Waals surface area contributed by atoms with Crippen LogP contribution in [0, 0.1) is 20.8 Å². The van der Waals surface area contributed by atoms with Gasteiger partial charge in [-0.05, 0) is 57.2 Å². The molecule has 7 heteroatoms. The first-order valence-electron chi connectivity index (χ1n) is 10.2. The lowest BCUT2D eigenvalue weighted by atomic mass is 10.5. The summed E-state index contributed by atoms with van der Waals surface area (Å²) in [5.41, 5.74) is 9.59. The maximum atomic E-state index is 4.89. The maximum Gasteiger partial charge on any atom is 0.137 e. The van der Waals surface area contributed by atoms with Gasteiger partial charge < -0.3 is 0 Å². The average molecular weight is 424 g/mol. The minimum Gasteiger partial charge on any atom is -0.299 e. The molecule has 0 amide bonds. The van der Waals surface area contributed by atoms with Crippen LogP contribution in [-0.2, 0) is 0 Å². The number of pyridine rings is 3. The third-order valence-electron chi connectivity index (χ3n) is 5.65. The quantitative estimate of drug-likeness (QED) is 0.410. The number of imidazole rings is 3. The van der Waals surface area contributed by atoms with Gasteiger partial charge in [-0.3, -0.25) is 13.2 Å². The lowest BCUT2D eigenvalue weighted by Gasteiger charge is -2.20. The molecule has 0 aliphatic rings. The Balaban J connectivity index is 1.78. The zero-order valence-electron chi connectivity index (χ0n) is 17.6. The zero-order valence-corrected chi connectivity index (χ0v) is 18.5. The highest BCUT2D eigenvalue weighted by molar-refractivity contribution is 7.79. The monoisotopic (exact) mass is 424 g/mol. The molecule has 6 aromatic heterocycles. The summed E-state index contributed by atoms with van der Waals surface area (Å²) in [6.07, 6.45) is 6.32. The van der Waals surface area contributed by atoms with Crippen LogP contribution in [0.5, 0.6) is 0 Å². The van der Waals surface area contributed by atoms with Gasteiger partial charge in [0.1, 0.15) is 16.9 Å². The van der Waals surface area contributed by atoms with Crippen LogP contribution in [0.3, 0.4) is 0 Å². The molecule has 0 saturated heterocycles. The van der Waals surface area contributed by atoms with Crippen LogP contribution < -0.4 is 16.3 Å². The summed E-state index contributed by atoms with van der Waals surface area (Å²) in [4.78, 5) is 14.7. The van der Waals surface area contributed by atoms with Crippen LogP contribution in [-0.4, -0.2) is 28.2 Å². The predicted octanol–water partition coefficient (Wildman–Crippen LogP) is 3.31. The van der Waals surface area contributed by atoms with Gasteiger partial charge in [-0.15, -0.1) is 0 Å². The van der Waals surface area contributed by atoms with Gasteiger partial charge in [-0.2, -0.15) is 0 Å². The number of nitrogens with zero attached hydrogens (tertiary/aromatic N) is 6. The van der Waals surface area contributed by atoms with E-state index in [0.29, 0.717) is 0 Å². The molecule has 6 aromatic rings. The van der Waals surface area contributed by atoms with E-state index in [-0.39, 0.29) is 0 Å². The summed E-state index contributed by atoms with van der Waals surface area (Å²) >= 11 is 0. The smallest absolute Gasteiger partial charge is 0.137 e. The summed E-state index contributed by atoms with van der Waals surface area (Å²) in [6, 6.07) is 18.5. The molecule has 31 heavy (non-hydrogen) atoms. The van der Waals surface area contributed by atoms with Gasteiger partial charge in [0.25, 0.3) is 0 Å². The molecule has 6 nitrogen and oxygen atoms in total. The van der Waals surface area contributed by atoms with Crippen LogP contribution in [0.4, 0.5) is 0 Å². The normalized spacial score (nSPS) is 12.0. The van der Waals surface area contributed by atoms with E-state index < -0.39 is 7.92 Å². The van der Waals surface area contributed by atoms with E-state index in [0.717, 1.165) is 34.0 Å². The fourth-order valence-electron chi connectivity index (χ4n) is 4.41. The Hall–Kier alpha value is -3.50. The van der Waals surface area contributed by atoms with Gasteiger partial charge in [0.15, 0.2) is 0 Å². The van der Waals surface area contributed by atoms with Crippen molar-refractivity contribution < 1.29 is 0 Å².